The standard InChI is InChI=1S/C16H20F2N2O3/c1-9(15(22)11-3-4-13(17)14(18)7-11)19-16(23)12-5-6-20(8-12)10(2)21/h3-4,7,9,12,15,22H,5-6,8H2,1-2H3,(H,19,23). The first-order valence-electron chi connectivity index (χ1n) is 7.48. The Morgan fingerprint density at radius 1 is 1.35 bits per heavy atom. The van der Waals surface area contributed by atoms with Gasteiger partial charge in [-0.2, -0.15) is 0 Å². The van der Waals surface area contributed by atoms with E-state index in [1.165, 1.54) is 13.0 Å². The van der Waals surface area contributed by atoms with E-state index in [2.05, 4.69) is 5.32 Å². The largest absolute Gasteiger partial charge is 0.386 e. The van der Waals surface area contributed by atoms with Crippen molar-refractivity contribution in [2.24, 2.45) is 5.92 Å². The maximum Gasteiger partial charge on any atom is 0.225 e. The molecule has 1 heterocycles. The smallest absolute Gasteiger partial charge is 0.225 e. The van der Waals surface area contributed by atoms with E-state index in [1.54, 1.807) is 11.8 Å². The second kappa shape index (κ2) is 7.04. The summed E-state index contributed by atoms with van der Waals surface area (Å²) in [6.07, 6.45) is -0.585. The number of aliphatic hydroxyl groups excluding tert-OH is 1. The van der Waals surface area contributed by atoms with Gasteiger partial charge < -0.3 is 15.3 Å². The Bertz CT molecular complexity index is 609. The Morgan fingerprint density at radius 2 is 2.04 bits per heavy atom. The van der Waals surface area contributed by atoms with Crippen LogP contribution in [0.25, 0.3) is 0 Å². The van der Waals surface area contributed by atoms with E-state index < -0.39 is 23.8 Å². The predicted molar refractivity (Wildman–Crippen MR) is 79.3 cm³/mol. The lowest BCUT2D eigenvalue weighted by molar-refractivity contribution is -0.129. The Morgan fingerprint density at radius 3 is 2.61 bits per heavy atom. The average molecular weight is 326 g/mol. The zero-order chi connectivity index (χ0) is 17.1. The minimum absolute atomic E-state index is 0.0739. The quantitative estimate of drug-likeness (QED) is 0.878. The maximum absolute atomic E-state index is 13.2. The highest BCUT2D eigenvalue weighted by Crippen LogP contribution is 2.21. The van der Waals surface area contributed by atoms with Crippen LogP contribution in [0.4, 0.5) is 8.78 Å². The molecule has 1 fully saturated rings. The number of benzene rings is 1. The number of nitrogens with one attached hydrogen (secondary N) is 1. The van der Waals surface area contributed by atoms with Crippen molar-refractivity contribution in [3.8, 4) is 0 Å². The number of hydrogen-bond acceptors (Lipinski definition) is 3. The number of aliphatic hydroxyl groups is 1. The molecule has 5 nitrogen and oxygen atoms in total. The molecule has 1 saturated heterocycles. The summed E-state index contributed by atoms with van der Waals surface area (Å²) >= 11 is 0. The van der Waals surface area contributed by atoms with Gasteiger partial charge in [-0.15, -0.1) is 0 Å². The van der Waals surface area contributed by atoms with Crippen molar-refractivity contribution in [2.45, 2.75) is 32.4 Å². The molecule has 7 heteroatoms. The van der Waals surface area contributed by atoms with E-state index >= 15 is 0 Å². The van der Waals surface area contributed by atoms with Gasteiger partial charge in [0.1, 0.15) is 0 Å². The predicted octanol–water partition coefficient (Wildman–Crippen LogP) is 1.37. The van der Waals surface area contributed by atoms with Crippen LogP contribution in [0.5, 0.6) is 0 Å². The van der Waals surface area contributed by atoms with Crippen LogP contribution in [0.2, 0.25) is 0 Å². The van der Waals surface area contributed by atoms with Gasteiger partial charge in [0.05, 0.1) is 18.1 Å². The van der Waals surface area contributed by atoms with Crippen molar-refractivity contribution in [1.29, 1.82) is 0 Å². The molecule has 0 bridgehead atoms. The highest BCUT2D eigenvalue weighted by molar-refractivity contribution is 5.81. The van der Waals surface area contributed by atoms with Crippen LogP contribution in [-0.2, 0) is 9.59 Å². The molecule has 23 heavy (non-hydrogen) atoms. The molecular weight excluding hydrogens is 306 g/mol. The van der Waals surface area contributed by atoms with Crippen molar-refractivity contribution in [3.63, 3.8) is 0 Å². The fourth-order valence-corrected chi connectivity index (χ4v) is 2.67. The summed E-state index contributed by atoms with van der Waals surface area (Å²) < 4.78 is 26.1. The summed E-state index contributed by atoms with van der Waals surface area (Å²) in [5.74, 6) is -2.70. The molecule has 0 aromatic heterocycles. The van der Waals surface area contributed by atoms with Crippen molar-refractivity contribution in [3.05, 3.63) is 35.4 Å². The number of hydrogen-bond donors (Lipinski definition) is 2. The fourth-order valence-electron chi connectivity index (χ4n) is 2.67. The van der Waals surface area contributed by atoms with Gasteiger partial charge in [0.15, 0.2) is 11.6 Å². The van der Waals surface area contributed by atoms with Crippen LogP contribution in [0, 0.1) is 17.6 Å². The molecule has 3 unspecified atom stereocenters. The number of carbonyl (C=O) groups is 2. The number of rotatable bonds is 4. The van der Waals surface area contributed by atoms with Crippen LogP contribution in [0.1, 0.15) is 31.9 Å². The lowest BCUT2D eigenvalue weighted by atomic mass is 10.0. The Kier molecular flexibility index (Phi) is 5.30. The molecule has 126 valence electrons. The van der Waals surface area contributed by atoms with Crippen LogP contribution in [-0.4, -0.2) is 41.0 Å². The van der Waals surface area contributed by atoms with E-state index in [1.807, 2.05) is 0 Å². The first kappa shape index (κ1) is 17.3. The van der Waals surface area contributed by atoms with Gasteiger partial charge in [0, 0.05) is 20.0 Å². The molecule has 1 aromatic rings. The minimum atomic E-state index is -1.15. The van der Waals surface area contributed by atoms with Gasteiger partial charge in [-0.05, 0) is 31.0 Å². The lowest BCUT2D eigenvalue weighted by Crippen LogP contribution is -2.41. The summed E-state index contributed by atoms with van der Waals surface area (Å²) in [6.45, 7) is 3.93. The molecular formula is C16H20F2N2O3. The van der Waals surface area contributed by atoms with Crippen molar-refractivity contribution < 1.29 is 23.5 Å². The van der Waals surface area contributed by atoms with Crippen LogP contribution in [0.15, 0.2) is 18.2 Å². The molecule has 0 saturated carbocycles. The van der Waals surface area contributed by atoms with Crippen LogP contribution >= 0.6 is 0 Å². The van der Waals surface area contributed by atoms with E-state index in [0.717, 1.165) is 12.1 Å². The second-order valence-corrected chi connectivity index (χ2v) is 5.87. The third-order valence-corrected chi connectivity index (χ3v) is 4.13. The van der Waals surface area contributed by atoms with E-state index in [4.69, 9.17) is 0 Å². The zero-order valence-electron chi connectivity index (χ0n) is 13.1. The first-order valence-corrected chi connectivity index (χ1v) is 7.48. The first-order chi connectivity index (χ1) is 10.8. The molecule has 0 radical (unpaired) electrons. The third kappa shape index (κ3) is 4.04. The van der Waals surface area contributed by atoms with Crippen LogP contribution in [0.3, 0.4) is 0 Å². The van der Waals surface area contributed by atoms with Gasteiger partial charge in [-0.3, -0.25) is 9.59 Å². The molecule has 0 aliphatic carbocycles. The highest BCUT2D eigenvalue weighted by atomic mass is 19.2. The minimum Gasteiger partial charge on any atom is -0.386 e. The Hall–Kier alpha value is -2.02. The van der Waals surface area contributed by atoms with Gasteiger partial charge in [0.25, 0.3) is 0 Å². The molecule has 1 aliphatic rings. The summed E-state index contributed by atoms with van der Waals surface area (Å²) in [5.41, 5.74) is 0.188. The van der Waals surface area contributed by atoms with Crippen molar-refractivity contribution in [1.82, 2.24) is 10.2 Å². The molecule has 2 N–H and O–H groups in total. The van der Waals surface area contributed by atoms with Crippen molar-refractivity contribution in [2.75, 3.05) is 13.1 Å². The summed E-state index contributed by atoms with van der Waals surface area (Å²) in [7, 11) is 0. The highest BCUT2D eigenvalue weighted by Gasteiger charge is 2.31. The van der Waals surface area contributed by atoms with Gasteiger partial charge in [0.2, 0.25) is 11.8 Å². The SMILES string of the molecule is CC(=O)N1CCC(C(=O)NC(C)C(O)c2ccc(F)c(F)c2)C1. The number of amides is 2. The van der Waals surface area contributed by atoms with Gasteiger partial charge in [-0.1, -0.05) is 6.07 Å². The summed E-state index contributed by atoms with van der Waals surface area (Å²) in [5, 5.41) is 12.8. The number of likely N-dealkylation sites (tertiary alicyclic amines) is 1. The fraction of sp³-hybridized carbons (Fsp3) is 0.500. The summed E-state index contributed by atoms with van der Waals surface area (Å²) in [6, 6.07) is 2.46. The van der Waals surface area contributed by atoms with Gasteiger partial charge in [-0.25, -0.2) is 8.78 Å². The summed E-state index contributed by atoms with van der Waals surface area (Å²) in [4.78, 5) is 25.1. The lowest BCUT2D eigenvalue weighted by Gasteiger charge is -2.22. The number of carbonyl (C=O) groups excluding carboxylic acids is 2. The van der Waals surface area contributed by atoms with E-state index in [9.17, 15) is 23.5 Å². The van der Waals surface area contributed by atoms with E-state index in [0.29, 0.717) is 19.5 Å². The van der Waals surface area contributed by atoms with Gasteiger partial charge >= 0.3 is 0 Å². The van der Waals surface area contributed by atoms with Crippen LogP contribution < -0.4 is 5.32 Å². The normalized spacial score (nSPS) is 20.2. The number of nitrogens with zero attached hydrogens (tertiary/aromatic N) is 1. The zero-order valence-corrected chi connectivity index (χ0v) is 13.1. The Labute approximate surface area is 133 Å². The molecule has 2 amide bonds. The van der Waals surface area contributed by atoms with E-state index in [-0.39, 0.29) is 23.3 Å². The molecule has 2 rings (SSSR count). The maximum atomic E-state index is 13.2. The molecule has 1 aliphatic heterocycles. The van der Waals surface area contributed by atoms with Crippen molar-refractivity contribution >= 4 is 11.8 Å². The average Bonchev–Trinajstić information content (AvgIpc) is 2.99. The topological polar surface area (TPSA) is 69.6 Å². The third-order valence-electron chi connectivity index (χ3n) is 4.13. The second-order valence-electron chi connectivity index (χ2n) is 5.87. The molecule has 0 spiro atoms. The Balaban J connectivity index is 1.95. The number of halogens is 2. The molecule has 3 atom stereocenters. The monoisotopic (exact) mass is 326 g/mol. The molecule has 1 aromatic carbocycles.